The van der Waals surface area contributed by atoms with E-state index in [0.717, 1.165) is 43.7 Å². The second-order valence-corrected chi connectivity index (χ2v) is 6.25. The molecule has 1 amide bonds. The van der Waals surface area contributed by atoms with Crippen LogP contribution in [0.3, 0.4) is 0 Å². The SMILES string of the molecule is CCn1cnnc1SCC(=O)N1CCN(c2cccc[nH+]2)CC1. The normalized spacial score (nSPS) is 15.0. The Morgan fingerprint density at radius 1 is 1.30 bits per heavy atom. The second kappa shape index (κ2) is 7.45. The van der Waals surface area contributed by atoms with Crippen molar-refractivity contribution in [2.45, 2.75) is 18.6 Å². The summed E-state index contributed by atoms with van der Waals surface area (Å²) in [7, 11) is 0. The summed E-state index contributed by atoms with van der Waals surface area (Å²) in [6, 6.07) is 6.05. The Morgan fingerprint density at radius 2 is 2.13 bits per heavy atom. The van der Waals surface area contributed by atoms with Gasteiger partial charge in [0.1, 0.15) is 19.4 Å². The van der Waals surface area contributed by atoms with E-state index in [9.17, 15) is 4.79 Å². The first kappa shape index (κ1) is 15.8. The average molecular weight is 333 g/mol. The number of aryl methyl sites for hydroxylation is 1. The second-order valence-electron chi connectivity index (χ2n) is 5.30. The fourth-order valence-electron chi connectivity index (χ4n) is 2.57. The maximum absolute atomic E-state index is 12.4. The number of anilines is 1. The molecule has 2 aromatic heterocycles. The highest BCUT2D eigenvalue weighted by Gasteiger charge is 2.26. The topological polar surface area (TPSA) is 68.4 Å². The van der Waals surface area contributed by atoms with Crippen LogP contribution < -0.4 is 9.88 Å². The number of H-pyrrole nitrogens is 1. The molecule has 0 atom stereocenters. The van der Waals surface area contributed by atoms with Crippen LogP contribution in [-0.2, 0) is 11.3 Å². The van der Waals surface area contributed by atoms with Crippen molar-refractivity contribution in [1.29, 1.82) is 0 Å². The Labute approximate surface area is 139 Å². The Hall–Kier alpha value is -2.09. The number of thioether (sulfide) groups is 1. The Balaban J connectivity index is 1.48. The summed E-state index contributed by atoms with van der Waals surface area (Å²) in [5.41, 5.74) is 0. The quantitative estimate of drug-likeness (QED) is 0.748. The first-order valence-electron chi connectivity index (χ1n) is 7.78. The third-order valence-electron chi connectivity index (χ3n) is 3.91. The Bertz CT molecular complexity index is 638. The first-order chi connectivity index (χ1) is 11.3. The predicted molar refractivity (Wildman–Crippen MR) is 88.2 cm³/mol. The lowest BCUT2D eigenvalue weighted by molar-refractivity contribution is -0.364. The maximum atomic E-state index is 12.4. The third kappa shape index (κ3) is 3.82. The van der Waals surface area contributed by atoms with Gasteiger partial charge in [0, 0.05) is 12.6 Å². The van der Waals surface area contributed by atoms with Crippen LogP contribution in [0.1, 0.15) is 6.92 Å². The number of aromatic nitrogens is 4. The summed E-state index contributed by atoms with van der Waals surface area (Å²) >= 11 is 1.46. The van der Waals surface area contributed by atoms with Crippen molar-refractivity contribution in [3.8, 4) is 0 Å². The average Bonchev–Trinajstić information content (AvgIpc) is 3.08. The van der Waals surface area contributed by atoms with Gasteiger partial charge in [0.15, 0.2) is 5.16 Å². The largest absolute Gasteiger partial charge is 0.334 e. The molecule has 0 saturated carbocycles. The van der Waals surface area contributed by atoms with E-state index in [-0.39, 0.29) is 5.91 Å². The molecular formula is C15H21N6OS+. The molecule has 7 nitrogen and oxygen atoms in total. The van der Waals surface area contributed by atoms with E-state index in [2.05, 4.69) is 26.1 Å². The number of nitrogens with one attached hydrogen (secondary N) is 1. The summed E-state index contributed by atoms with van der Waals surface area (Å²) in [5, 5.41) is 8.74. The van der Waals surface area contributed by atoms with Crippen molar-refractivity contribution in [3.05, 3.63) is 30.7 Å². The third-order valence-corrected chi connectivity index (χ3v) is 4.88. The van der Waals surface area contributed by atoms with Gasteiger partial charge in [0.2, 0.25) is 5.91 Å². The molecule has 1 saturated heterocycles. The number of amides is 1. The van der Waals surface area contributed by atoms with Crippen LogP contribution in [0, 0.1) is 0 Å². The molecule has 1 aliphatic heterocycles. The van der Waals surface area contributed by atoms with Crippen molar-refractivity contribution in [2.24, 2.45) is 0 Å². The number of carbonyl (C=O) groups excluding carboxylic acids is 1. The Morgan fingerprint density at radius 3 is 2.83 bits per heavy atom. The standard InChI is InChI=1S/C15H20N6OS/c1-2-19-12-17-18-15(19)23-11-14(22)21-9-7-20(8-10-21)13-5-3-4-6-16-13/h3-6,12H,2,7-11H2,1H3/p+1. The molecule has 23 heavy (non-hydrogen) atoms. The summed E-state index contributed by atoms with van der Waals surface area (Å²) in [6.07, 6.45) is 3.62. The van der Waals surface area contributed by atoms with Gasteiger partial charge in [-0.1, -0.05) is 17.8 Å². The zero-order chi connectivity index (χ0) is 16.1. The maximum Gasteiger partial charge on any atom is 0.274 e. The van der Waals surface area contributed by atoms with E-state index in [0.29, 0.717) is 5.75 Å². The van der Waals surface area contributed by atoms with Gasteiger partial charge in [-0.2, -0.15) is 0 Å². The van der Waals surface area contributed by atoms with E-state index in [4.69, 9.17) is 0 Å². The molecule has 8 heteroatoms. The number of nitrogens with zero attached hydrogens (tertiary/aromatic N) is 5. The van der Waals surface area contributed by atoms with Crippen LogP contribution in [0.5, 0.6) is 0 Å². The molecule has 0 unspecified atom stereocenters. The highest BCUT2D eigenvalue weighted by molar-refractivity contribution is 7.99. The van der Waals surface area contributed by atoms with Gasteiger partial charge < -0.3 is 9.47 Å². The lowest BCUT2D eigenvalue weighted by atomic mass is 10.3. The van der Waals surface area contributed by atoms with E-state index >= 15 is 0 Å². The zero-order valence-electron chi connectivity index (χ0n) is 13.2. The fraction of sp³-hybridized carbons (Fsp3) is 0.467. The fourth-order valence-corrected chi connectivity index (χ4v) is 3.45. The first-order valence-corrected chi connectivity index (χ1v) is 8.76. The molecule has 3 heterocycles. The minimum atomic E-state index is 0.164. The van der Waals surface area contributed by atoms with Crippen molar-refractivity contribution < 1.29 is 9.78 Å². The molecule has 122 valence electrons. The lowest BCUT2D eigenvalue weighted by Crippen LogP contribution is -2.50. The molecule has 2 aromatic rings. The van der Waals surface area contributed by atoms with Crippen molar-refractivity contribution in [2.75, 3.05) is 36.8 Å². The van der Waals surface area contributed by atoms with Crippen molar-refractivity contribution in [1.82, 2.24) is 19.7 Å². The molecule has 1 aliphatic rings. The van der Waals surface area contributed by atoms with Gasteiger partial charge in [0.05, 0.1) is 25.0 Å². The summed E-state index contributed by atoms with van der Waals surface area (Å²) in [4.78, 5) is 19.8. The molecule has 1 fully saturated rings. The van der Waals surface area contributed by atoms with Gasteiger partial charge in [-0.05, 0) is 13.0 Å². The van der Waals surface area contributed by atoms with Crippen LogP contribution in [0.25, 0.3) is 0 Å². The number of hydrogen-bond donors (Lipinski definition) is 0. The van der Waals surface area contributed by atoms with Gasteiger partial charge >= 0.3 is 0 Å². The van der Waals surface area contributed by atoms with Crippen LogP contribution in [0.15, 0.2) is 35.9 Å². The number of piperazine rings is 1. The number of carbonyl (C=O) groups is 1. The van der Waals surface area contributed by atoms with Gasteiger partial charge in [-0.3, -0.25) is 9.69 Å². The highest BCUT2D eigenvalue weighted by Crippen LogP contribution is 2.16. The van der Waals surface area contributed by atoms with E-state index in [1.54, 1.807) is 6.33 Å². The smallest absolute Gasteiger partial charge is 0.274 e. The molecule has 3 rings (SSSR count). The highest BCUT2D eigenvalue weighted by atomic mass is 32.2. The van der Waals surface area contributed by atoms with Crippen LogP contribution in [0.2, 0.25) is 0 Å². The molecule has 1 N–H and O–H groups in total. The monoisotopic (exact) mass is 333 g/mol. The van der Waals surface area contributed by atoms with Crippen molar-refractivity contribution in [3.63, 3.8) is 0 Å². The summed E-state index contributed by atoms with van der Waals surface area (Å²) in [6.45, 7) is 6.06. The molecule has 0 bridgehead atoms. The molecule has 0 aliphatic carbocycles. The number of rotatable bonds is 5. The van der Waals surface area contributed by atoms with E-state index in [1.807, 2.05) is 34.7 Å². The summed E-state index contributed by atoms with van der Waals surface area (Å²) in [5.74, 6) is 1.68. The van der Waals surface area contributed by atoms with Gasteiger partial charge in [-0.25, -0.2) is 4.98 Å². The number of pyridine rings is 1. The number of aromatic amines is 1. The lowest BCUT2D eigenvalue weighted by Gasteiger charge is -2.30. The van der Waals surface area contributed by atoms with Crippen LogP contribution >= 0.6 is 11.8 Å². The van der Waals surface area contributed by atoms with E-state index in [1.165, 1.54) is 11.8 Å². The minimum absolute atomic E-state index is 0.164. The zero-order valence-corrected chi connectivity index (χ0v) is 14.0. The summed E-state index contributed by atoms with van der Waals surface area (Å²) < 4.78 is 1.95. The van der Waals surface area contributed by atoms with Crippen LogP contribution in [0.4, 0.5) is 5.82 Å². The molecule has 0 spiro atoms. The predicted octanol–water partition coefficient (Wildman–Crippen LogP) is 0.553. The van der Waals surface area contributed by atoms with Gasteiger partial charge in [-0.15, -0.1) is 10.2 Å². The number of hydrogen-bond acceptors (Lipinski definition) is 5. The van der Waals surface area contributed by atoms with Crippen LogP contribution in [-0.4, -0.2) is 57.5 Å². The minimum Gasteiger partial charge on any atom is -0.334 e. The molecule has 0 aromatic carbocycles. The van der Waals surface area contributed by atoms with Crippen molar-refractivity contribution >= 4 is 23.5 Å². The Kier molecular flexibility index (Phi) is 5.12. The molecular weight excluding hydrogens is 312 g/mol. The van der Waals surface area contributed by atoms with E-state index < -0.39 is 0 Å². The van der Waals surface area contributed by atoms with Gasteiger partial charge in [0.25, 0.3) is 5.82 Å². The molecule has 0 radical (unpaired) electrons.